The normalized spacial score (nSPS) is 40.5. The Morgan fingerprint density at radius 1 is 1.06 bits per heavy atom. The fourth-order valence-electron chi connectivity index (χ4n) is 3.44. The second kappa shape index (κ2) is 4.36. The zero-order valence-electron chi connectivity index (χ0n) is 9.90. The molecule has 3 atom stereocenters. The Labute approximate surface area is 97.4 Å². The quantitative estimate of drug-likeness (QED) is 0.575. The van der Waals surface area contributed by atoms with E-state index in [1.165, 1.54) is 44.9 Å². The number of rotatable bonds is 2. The van der Waals surface area contributed by atoms with E-state index in [2.05, 4.69) is 0 Å². The van der Waals surface area contributed by atoms with Crippen LogP contribution in [-0.4, -0.2) is 24.1 Å². The number of amidine groups is 1. The van der Waals surface area contributed by atoms with Crippen molar-refractivity contribution in [1.29, 1.82) is 0 Å². The Morgan fingerprint density at radius 3 is 2.50 bits per heavy atom. The number of hydrogen-bond donors (Lipinski definition) is 1. The first-order chi connectivity index (χ1) is 7.83. The van der Waals surface area contributed by atoms with Crippen LogP contribution in [0, 0.1) is 5.92 Å². The average molecular weight is 222 g/mol. The first-order valence-corrected chi connectivity index (χ1v) is 6.81. The summed E-state index contributed by atoms with van der Waals surface area (Å²) in [5, 5.41) is 0. The smallest absolute Gasteiger partial charge is 0.0973 e. The van der Waals surface area contributed by atoms with Crippen molar-refractivity contribution in [2.45, 2.75) is 69.6 Å². The van der Waals surface area contributed by atoms with Gasteiger partial charge in [0.25, 0.3) is 0 Å². The van der Waals surface area contributed by atoms with E-state index >= 15 is 0 Å². The summed E-state index contributed by atoms with van der Waals surface area (Å²) in [6, 6.07) is 0.376. The second-order valence-corrected chi connectivity index (χ2v) is 5.57. The first kappa shape index (κ1) is 10.6. The van der Waals surface area contributed by atoms with Gasteiger partial charge in [-0.2, -0.15) is 0 Å². The molecule has 2 N–H and O–H groups in total. The zero-order valence-corrected chi connectivity index (χ0v) is 9.90. The second-order valence-electron chi connectivity index (χ2n) is 5.57. The molecule has 16 heavy (non-hydrogen) atoms. The number of ether oxygens (including phenoxy) is 1. The summed E-state index contributed by atoms with van der Waals surface area (Å²) < 4.78 is 5.81. The van der Waals surface area contributed by atoms with Gasteiger partial charge in [0.15, 0.2) is 0 Å². The van der Waals surface area contributed by atoms with E-state index in [0.717, 1.165) is 12.3 Å². The molecule has 2 bridgehead atoms. The van der Waals surface area contributed by atoms with Gasteiger partial charge in [-0.1, -0.05) is 19.3 Å². The van der Waals surface area contributed by atoms with Gasteiger partial charge in [-0.25, -0.2) is 0 Å². The molecular formula is C13H22N2O. The highest BCUT2D eigenvalue weighted by Gasteiger charge is 2.41. The van der Waals surface area contributed by atoms with Crippen LogP contribution >= 0.6 is 0 Å². The number of fused-ring (bicyclic) bond motifs is 2. The molecule has 0 aromatic rings. The monoisotopic (exact) mass is 222 g/mol. The number of aliphatic imine (C=N–C) groups is 1. The Bertz CT molecular complexity index is 284. The van der Waals surface area contributed by atoms with Crippen LogP contribution in [0.25, 0.3) is 0 Å². The molecule has 0 radical (unpaired) electrons. The number of hydrogen-bond acceptors (Lipinski definition) is 2. The van der Waals surface area contributed by atoms with E-state index in [1.54, 1.807) is 0 Å². The van der Waals surface area contributed by atoms with Crippen molar-refractivity contribution in [3.05, 3.63) is 0 Å². The van der Waals surface area contributed by atoms with Crippen molar-refractivity contribution >= 4 is 5.84 Å². The van der Waals surface area contributed by atoms with Crippen LogP contribution in [0.2, 0.25) is 0 Å². The maximum absolute atomic E-state index is 6.15. The van der Waals surface area contributed by atoms with E-state index in [9.17, 15) is 0 Å². The molecule has 0 spiro atoms. The first-order valence-electron chi connectivity index (χ1n) is 6.81. The predicted molar refractivity (Wildman–Crippen MR) is 64.5 cm³/mol. The number of nitrogens with zero attached hydrogens (tertiary/aromatic N) is 1. The molecule has 90 valence electrons. The number of nitrogens with two attached hydrogens (primary N) is 1. The Morgan fingerprint density at radius 2 is 1.88 bits per heavy atom. The van der Waals surface area contributed by atoms with Crippen LogP contribution in [-0.2, 0) is 4.74 Å². The summed E-state index contributed by atoms with van der Waals surface area (Å²) in [6.07, 6.45) is 10.9. The van der Waals surface area contributed by atoms with Crippen LogP contribution in [0.4, 0.5) is 0 Å². The van der Waals surface area contributed by atoms with Crippen molar-refractivity contribution < 1.29 is 4.74 Å². The lowest BCUT2D eigenvalue weighted by atomic mass is 9.88. The largest absolute Gasteiger partial charge is 0.387 e. The van der Waals surface area contributed by atoms with Crippen molar-refractivity contribution in [1.82, 2.24) is 0 Å². The molecule has 3 aliphatic rings. The molecule has 3 unspecified atom stereocenters. The summed E-state index contributed by atoms with van der Waals surface area (Å²) >= 11 is 0. The Kier molecular flexibility index (Phi) is 2.88. The SMILES string of the molecule is NC(=NC1CC2CCC1O2)C1CCCCC1. The molecule has 0 aromatic carbocycles. The van der Waals surface area contributed by atoms with E-state index in [4.69, 9.17) is 15.5 Å². The van der Waals surface area contributed by atoms with E-state index in [0.29, 0.717) is 24.2 Å². The van der Waals surface area contributed by atoms with Crippen molar-refractivity contribution in [2.24, 2.45) is 16.6 Å². The molecular weight excluding hydrogens is 200 g/mol. The standard InChI is InChI=1S/C13H22N2O/c14-13(9-4-2-1-3-5-9)15-11-8-10-6-7-12(11)16-10/h9-12H,1-8H2,(H2,14,15). The summed E-state index contributed by atoms with van der Waals surface area (Å²) in [5.41, 5.74) is 6.15. The van der Waals surface area contributed by atoms with Gasteiger partial charge in [-0.3, -0.25) is 4.99 Å². The average Bonchev–Trinajstić information content (AvgIpc) is 2.92. The zero-order chi connectivity index (χ0) is 11.0. The lowest BCUT2D eigenvalue weighted by Gasteiger charge is -2.23. The molecule has 2 heterocycles. The molecule has 0 amide bonds. The molecule has 3 heteroatoms. The van der Waals surface area contributed by atoms with Gasteiger partial charge < -0.3 is 10.5 Å². The lowest BCUT2D eigenvalue weighted by Crippen LogP contribution is -2.30. The third-order valence-electron chi connectivity index (χ3n) is 4.41. The summed E-state index contributed by atoms with van der Waals surface area (Å²) in [5.74, 6) is 1.48. The van der Waals surface area contributed by atoms with Crippen LogP contribution in [0.15, 0.2) is 4.99 Å². The van der Waals surface area contributed by atoms with Gasteiger partial charge in [-0.05, 0) is 32.1 Å². The Hall–Kier alpha value is -0.570. The van der Waals surface area contributed by atoms with Gasteiger partial charge in [0.1, 0.15) is 0 Å². The van der Waals surface area contributed by atoms with Gasteiger partial charge in [0, 0.05) is 5.92 Å². The molecule has 2 saturated heterocycles. The fourth-order valence-corrected chi connectivity index (χ4v) is 3.44. The third kappa shape index (κ3) is 1.97. The lowest BCUT2D eigenvalue weighted by molar-refractivity contribution is 0.101. The highest BCUT2D eigenvalue weighted by Crippen LogP contribution is 2.36. The minimum atomic E-state index is 0.376. The van der Waals surface area contributed by atoms with Gasteiger partial charge in [0.05, 0.1) is 24.1 Å². The van der Waals surface area contributed by atoms with E-state index in [-0.39, 0.29) is 0 Å². The van der Waals surface area contributed by atoms with E-state index < -0.39 is 0 Å². The summed E-state index contributed by atoms with van der Waals surface area (Å²) in [6.45, 7) is 0. The summed E-state index contributed by atoms with van der Waals surface area (Å²) in [7, 11) is 0. The molecule has 2 aliphatic heterocycles. The summed E-state index contributed by atoms with van der Waals surface area (Å²) in [4.78, 5) is 4.75. The van der Waals surface area contributed by atoms with Crippen LogP contribution < -0.4 is 5.73 Å². The molecule has 1 saturated carbocycles. The van der Waals surface area contributed by atoms with Crippen molar-refractivity contribution in [3.63, 3.8) is 0 Å². The maximum atomic E-state index is 6.15. The van der Waals surface area contributed by atoms with Crippen LogP contribution in [0.1, 0.15) is 51.4 Å². The van der Waals surface area contributed by atoms with E-state index in [1.807, 2.05) is 0 Å². The van der Waals surface area contributed by atoms with Crippen LogP contribution in [0.5, 0.6) is 0 Å². The maximum Gasteiger partial charge on any atom is 0.0973 e. The van der Waals surface area contributed by atoms with Gasteiger partial charge in [-0.15, -0.1) is 0 Å². The van der Waals surface area contributed by atoms with Gasteiger partial charge >= 0.3 is 0 Å². The minimum absolute atomic E-state index is 0.376. The molecule has 0 aromatic heterocycles. The van der Waals surface area contributed by atoms with Crippen LogP contribution in [0.3, 0.4) is 0 Å². The molecule has 3 rings (SSSR count). The Balaban J connectivity index is 1.62. The highest BCUT2D eigenvalue weighted by molar-refractivity contribution is 5.83. The predicted octanol–water partition coefficient (Wildman–Crippen LogP) is 2.24. The molecule has 3 fully saturated rings. The minimum Gasteiger partial charge on any atom is -0.387 e. The molecule has 3 nitrogen and oxygen atoms in total. The van der Waals surface area contributed by atoms with Crippen molar-refractivity contribution in [2.75, 3.05) is 0 Å². The van der Waals surface area contributed by atoms with Crippen molar-refractivity contribution in [3.8, 4) is 0 Å². The third-order valence-corrected chi connectivity index (χ3v) is 4.41. The fraction of sp³-hybridized carbons (Fsp3) is 0.923. The highest BCUT2D eigenvalue weighted by atomic mass is 16.5. The van der Waals surface area contributed by atoms with Gasteiger partial charge in [0.2, 0.25) is 0 Å². The molecule has 1 aliphatic carbocycles. The topological polar surface area (TPSA) is 47.6 Å².